The lowest BCUT2D eigenvalue weighted by Gasteiger charge is -2.12. The number of anilines is 2. The van der Waals surface area contributed by atoms with Crippen LogP contribution in [0.5, 0.6) is 0 Å². The van der Waals surface area contributed by atoms with Gasteiger partial charge in [-0.05, 0) is 18.2 Å². The maximum atomic E-state index is 12.6. The number of aromatic amines is 1. The predicted molar refractivity (Wildman–Crippen MR) is 59.6 cm³/mol. The molecule has 0 aliphatic heterocycles. The molecule has 2 rings (SSSR count). The van der Waals surface area contributed by atoms with Crippen LogP contribution < -0.4 is 11.1 Å². The topological polar surface area (TPSA) is 79.6 Å². The number of benzene rings is 1. The van der Waals surface area contributed by atoms with E-state index in [0.717, 1.165) is 6.07 Å². The standard InChI is InChI=1S/C10H10F3N5/c11-10(12,13)7-3-6(1-2-8(7)14)15-4-9-16-5-17-18-9/h1-3,5,15H,4,14H2,(H,16,17,18). The average molecular weight is 257 g/mol. The van der Waals surface area contributed by atoms with Gasteiger partial charge < -0.3 is 11.1 Å². The van der Waals surface area contributed by atoms with E-state index >= 15 is 0 Å². The van der Waals surface area contributed by atoms with Gasteiger partial charge in [0, 0.05) is 11.4 Å². The minimum atomic E-state index is -4.46. The van der Waals surface area contributed by atoms with E-state index in [0.29, 0.717) is 11.5 Å². The first kappa shape index (κ1) is 12.2. The van der Waals surface area contributed by atoms with Crippen molar-refractivity contribution in [2.24, 2.45) is 0 Å². The van der Waals surface area contributed by atoms with Crippen LogP contribution in [0.25, 0.3) is 0 Å². The highest BCUT2D eigenvalue weighted by atomic mass is 19.4. The van der Waals surface area contributed by atoms with Gasteiger partial charge in [0.15, 0.2) is 0 Å². The Hall–Kier alpha value is -2.25. The maximum Gasteiger partial charge on any atom is 0.418 e. The van der Waals surface area contributed by atoms with Gasteiger partial charge in [0.25, 0.3) is 0 Å². The number of nitrogen functional groups attached to an aromatic ring is 1. The molecule has 5 nitrogen and oxygen atoms in total. The van der Waals surface area contributed by atoms with E-state index < -0.39 is 11.7 Å². The lowest BCUT2D eigenvalue weighted by Crippen LogP contribution is -2.10. The minimum Gasteiger partial charge on any atom is -0.398 e. The summed E-state index contributed by atoms with van der Waals surface area (Å²) in [6.07, 6.45) is -3.14. The second-order valence-electron chi connectivity index (χ2n) is 3.59. The van der Waals surface area contributed by atoms with Crippen LogP contribution in [0.15, 0.2) is 24.5 Å². The molecule has 96 valence electrons. The smallest absolute Gasteiger partial charge is 0.398 e. The van der Waals surface area contributed by atoms with Gasteiger partial charge in [-0.2, -0.15) is 18.3 Å². The Bertz CT molecular complexity index is 521. The lowest BCUT2D eigenvalue weighted by atomic mass is 10.1. The van der Waals surface area contributed by atoms with Crippen molar-refractivity contribution in [3.8, 4) is 0 Å². The van der Waals surface area contributed by atoms with E-state index in [1.165, 1.54) is 18.5 Å². The van der Waals surface area contributed by atoms with E-state index in [1.54, 1.807) is 0 Å². The SMILES string of the molecule is Nc1ccc(NCc2ncn[nH]2)cc1C(F)(F)F. The number of nitrogens with one attached hydrogen (secondary N) is 2. The second kappa shape index (κ2) is 4.55. The molecule has 0 amide bonds. The highest BCUT2D eigenvalue weighted by Gasteiger charge is 2.33. The molecule has 18 heavy (non-hydrogen) atoms. The van der Waals surface area contributed by atoms with Crippen LogP contribution in [0.3, 0.4) is 0 Å². The Balaban J connectivity index is 2.15. The fourth-order valence-electron chi connectivity index (χ4n) is 1.41. The summed E-state index contributed by atoms with van der Waals surface area (Å²) >= 11 is 0. The molecule has 0 spiro atoms. The maximum absolute atomic E-state index is 12.6. The summed E-state index contributed by atoms with van der Waals surface area (Å²) < 4.78 is 37.8. The van der Waals surface area contributed by atoms with E-state index in [1.807, 2.05) is 0 Å². The van der Waals surface area contributed by atoms with E-state index in [2.05, 4.69) is 20.5 Å². The molecule has 4 N–H and O–H groups in total. The quantitative estimate of drug-likeness (QED) is 0.735. The third-order valence-corrected chi connectivity index (χ3v) is 2.28. The Kier molecular flexibility index (Phi) is 3.09. The molecule has 1 heterocycles. The highest BCUT2D eigenvalue weighted by Crippen LogP contribution is 2.35. The summed E-state index contributed by atoms with van der Waals surface area (Å²) in [7, 11) is 0. The molecule has 0 aliphatic carbocycles. The van der Waals surface area contributed by atoms with Crippen molar-refractivity contribution in [2.45, 2.75) is 12.7 Å². The number of hydrogen-bond acceptors (Lipinski definition) is 4. The fourth-order valence-corrected chi connectivity index (χ4v) is 1.41. The van der Waals surface area contributed by atoms with Crippen molar-refractivity contribution < 1.29 is 13.2 Å². The molecule has 0 aliphatic rings. The summed E-state index contributed by atoms with van der Waals surface area (Å²) in [4.78, 5) is 3.84. The lowest BCUT2D eigenvalue weighted by molar-refractivity contribution is -0.136. The van der Waals surface area contributed by atoms with Crippen molar-refractivity contribution in [1.29, 1.82) is 0 Å². The van der Waals surface area contributed by atoms with Gasteiger partial charge in [-0.15, -0.1) is 0 Å². The third kappa shape index (κ3) is 2.70. The molecule has 0 bridgehead atoms. The Morgan fingerprint density at radius 2 is 2.11 bits per heavy atom. The van der Waals surface area contributed by atoms with E-state index in [4.69, 9.17) is 5.73 Å². The summed E-state index contributed by atoms with van der Waals surface area (Å²) in [6, 6.07) is 3.65. The number of H-pyrrole nitrogens is 1. The second-order valence-corrected chi connectivity index (χ2v) is 3.59. The van der Waals surface area contributed by atoms with Gasteiger partial charge in [-0.1, -0.05) is 0 Å². The number of hydrogen-bond donors (Lipinski definition) is 3. The van der Waals surface area contributed by atoms with Crippen LogP contribution in [0.2, 0.25) is 0 Å². The molecule has 2 aromatic rings. The van der Waals surface area contributed by atoms with Gasteiger partial charge in [-0.25, -0.2) is 4.98 Å². The monoisotopic (exact) mass is 257 g/mol. The first-order chi connectivity index (χ1) is 8.47. The van der Waals surface area contributed by atoms with Crippen LogP contribution in [-0.2, 0) is 12.7 Å². The summed E-state index contributed by atoms with van der Waals surface area (Å²) in [5, 5.41) is 9.02. The summed E-state index contributed by atoms with van der Waals surface area (Å²) in [6.45, 7) is 0.251. The first-order valence-electron chi connectivity index (χ1n) is 5.01. The molecule has 0 radical (unpaired) electrons. The van der Waals surface area contributed by atoms with Crippen molar-refractivity contribution in [1.82, 2.24) is 15.2 Å². The zero-order valence-electron chi connectivity index (χ0n) is 9.12. The van der Waals surface area contributed by atoms with Crippen molar-refractivity contribution in [3.05, 3.63) is 35.9 Å². The Morgan fingerprint density at radius 3 is 2.72 bits per heavy atom. The molecule has 1 aromatic heterocycles. The van der Waals surface area contributed by atoms with Crippen LogP contribution in [0.1, 0.15) is 11.4 Å². The fraction of sp³-hybridized carbons (Fsp3) is 0.200. The number of halogens is 3. The molecular formula is C10H10F3N5. The van der Waals surface area contributed by atoms with Crippen LogP contribution in [0.4, 0.5) is 24.5 Å². The minimum absolute atomic E-state index is 0.251. The van der Waals surface area contributed by atoms with Crippen molar-refractivity contribution in [2.75, 3.05) is 11.1 Å². The van der Waals surface area contributed by atoms with Gasteiger partial charge in [0.2, 0.25) is 0 Å². The number of alkyl halides is 3. The van der Waals surface area contributed by atoms with Gasteiger partial charge >= 0.3 is 6.18 Å². The number of nitrogens with two attached hydrogens (primary N) is 1. The molecule has 0 unspecified atom stereocenters. The van der Waals surface area contributed by atoms with Gasteiger partial charge in [0.05, 0.1) is 12.1 Å². The van der Waals surface area contributed by atoms with Gasteiger partial charge in [0.1, 0.15) is 12.2 Å². The third-order valence-electron chi connectivity index (χ3n) is 2.28. The molecular weight excluding hydrogens is 247 g/mol. The van der Waals surface area contributed by atoms with Crippen LogP contribution in [-0.4, -0.2) is 15.2 Å². The van der Waals surface area contributed by atoms with Crippen LogP contribution in [0, 0.1) is 0 Å². The van der Waals surface area contributed by atoms with Crippen molar-refractivity contribution in [3.63, 3.8) is 0 Å². The number of rotatable bonds is 3. The zero-order chi connectivity index (χ0) is 13.2. The van der Waals surface area contributed by atoms with Crippen LogP contribution >= 0.6 is 0 Å². The van der Waals surface area contributed by atoms with E-state index in [9.17, 15) is 13.2 Å². The largest absolute Gasteiger partial charge is 0.418 e. The average Bonchev–Trinajstić information content (AvgIpc) is 2.79. The molecule has 0 saturated heterocycles. The Labute approximate surface area is 100 Å². The van der Waals surface area contributed by atoms with Crippen molar-refractivity contribution >= 4 is 11.4 Å². The molecule has 0 fully saturated rings. The molecule has 0 saturated carbocycles. The molecule has 0 atom stereocenters. The normalized spacial score (nSPS) is 11.5. The number of aromatic nitrogens is 3. The molecule has 8 heteroatoms. The first-order valence-corrected chi connectivity index (χ1v) is 5.01. The summed E-state index contributed by atoms with van der Waals surface area (Å²) in [5.41, 5.74) is 4.45. The molecule has 1 aromatic carbocycles. The zero-order valence-corrected chi connectivity index (χ0v) is 9.12. The number of nitrogens with zero attached hydrogens (tertiary/aromatic N) is 2. The summed E-state index contributed by atoms with van der Waals surface area (Å²) in [5.74, 6) is 0.528. The highest BCUT2D eigenvalue weighted by molar-refractivity contribution is 5.58. The van der Waals surface area contributed by atoms with Gasteiger partial charge in [-0.3, -0.25) is 5.10 Å². The predicted octanol–water partition coefficient (Wildman–Crippen LogP) is 2.02. The Morgan fingerprint density at radius 1 is 1.33 bits per heavy atom. The van der Waals surface area contributed by atoms with E-state index in [-0.39, 0.29) is 12.2 Å².